The van der Waals surface area contributed by atoms with Crippen LogP contribution in [-0.4, -0.2) is 30.1 Å². The van der Waals surface area contributed by atoms with Gasteiger partial charge in [-0.15, -0.1) is 0 Å². The molecule has 6 nitrogen and oxygen atoms in total. The standard InChI is InChI=1S/C26H26FN3O3/c1-18(29-19(2)31)21-6-8-24(9-7-21)33-25-11-13-30(16-25)23-10-12-28-26(15-23)32-17-20-4-3-5-22(27)14-20/h3-10,12,14-15,25H,1,11,13,16-17H2,2H3,(H,29,31). The number of nitrogens with one attached hydrogen (secondary N) is 1. The first-order chi connectivity index (χ1) is 16.0. The van der Waals surface area contributed by atoms with Crippen molar-refractivity contribution in [1.29, 1.82) is 0 Å². The van der Waals surface area contributed by atoms with Gasteiger partial charge < -0.3 is 19.7 Å². The molecule has 1 amide bonds. The van der Waals surface area contributed by atoms with Crippen LogP contribution < -0.4 is 19.7 Å². The number of nitrogens with zero attached hydrogens (tertiary/aromatic N) is 2. The lowest BCUT2D eigenvalue weighted by molar-refractivity contribution is -0.117. The van der Waals surface area contributed by atoms with Crippen molar-refractivity contribution in [3.8, 4) is 11.6 Å². The fraction of sp³-hybridized carbons (Fsp3) is 0.231. The first kappa shape index (κ1) is 22.3. The molecule has 1 aromatic heterocycles. The molecule has 0 bridgehead atoms. The summed E-state index contributed by atoms with van der Waals surface area (Å²) >= 11 is 0. The second-order valence-electron chi connectivity index (χ2n) is 7.93. The number of hydrogen-bond donors (Lipinski definition) is 1. The van der Waals surface area contributed by atoms with Gasteiger partial charge in [-0.2, -0.15) is 0 Å². The molecule has 33 heavy (non-hydrogen) atoms. The van der Waals surface area contributed by atoms with Gasteiger partial charge in [0.05, 0.1) is 6.54 Å². The van der Waals surface area contributed by atoms with Crippen LogP contribution in [0.3, 0.4) is 0 Å². The molecule has 0 spiro atoms. The predicted molar refractivity (Wildman–Crippen MR) is 126 cm³/mol. The summed E-state index contributed by atoms with van der Waals surface area (Å²) in [7, 11) is 0. The highest BCUT2D eigenvalue weighted by atomic mass is 19.1. The number of ether oxygens (including phenoxy) is 2. The molecule has 1 saturated heterocycles. The van der Waals surface area contributed by atoms with Crippen LogP contribution in [0.4, 0.5) is 10.1 Å². The molecular formula is C26H26FN3O3. The molecule has 2 heterocycles. The second kappa shape index (κ2) is 10.2. The molecule has 1 atom stereocenters. The Morgan fingerprint density at radius 1 is 1.21 bits per heavy atom. The molecule has 3 aromatic rings. The van der Waals surface area contributed by atoms with E-state index < -0.39 is 0 Å². The average molecular weight is 448 g/mol. The Hall–Kier alpha value is -3.87. The maximum atomic E-state index is 13.3. The van der Waals surface area contributed by atoms with Crippen molar-refractivity contribution in [2.75, 3.05) is 18.0 Å². The summed E-state index contributed by atoms with van der Waals surface area (Å²) in [6, 6.07) is 17.7. The molecule has 1 unspecified atom stereocenters. The molecule has 1 aliphatic rings. The van der Waals surface area contributed by atoms with Crippen LogP contribution in [0.2, 0.25) is 0 Å². The molecule has 7 heteroatoms. The van der Waals surface area contributed by atoms with Crippen molar-refractivity contribution in [2.24, 2.45) is 0 Å². The van der Waals surface area contributed by atoms with Crippen molar-refractivity contribution in [2.45, 2.75) is 26.1 Å². The highest BCUT2D eigenvalue weighted by Crippen LogP contribution is 2.26. The number of carbonyl (C=O) groups is 1. The van der Waals surface area contributed by atoms with E-state index in [0.29, 0.717) is 11.6 Å². The van der Waals surface area contributed by atoms with Crippen molar-refractivity contribution in [1.82, 2.24) is 10.3 Å². The normalized spacial score (nSPS) is 15.2. The SMILES string of the molecule is C=C(NC(C)=O)c1ccc(OC2CCN(c3ccnc(OCc4cccc(F)c4)c3)C2)cc1. The van der Waals surface area contributed by atoms with E-state index in [-0.39, 0.29) is 24.4 Å². The maximum Gasteiger partial charge on any atom is 0.221 e. The first-order valence-electron chi connectivity index (χ1n) is 10.8. The Morgan fingerprint density at radius 3 is 2.79 bits per heavy atom. The Bertz CT molecular complexity index is 1130. The Kier molecular flexibility index (Phi) is 6.88. The number of amides is 1. The van der Waals surface area contributed by atoms with Crippen LogP contribution in [0.15, 0.2) is 73.4 Å². The van der Waals surface area contributed by atoms with E-state index in [1.165, 1.54) is 19.1 Å². The summed E-state index contributed by atoms with van der Waals surface area (Å²) in [4.78, 5) is 17.7. The molecule has 1 fully saturated rings. The Labute approximate surface area is 192 Å². The Morgan fingerprint density at radius 2 is 2.03 bits per heavy atom. The van der Waals surface area contributed by atoms with Crippen molar-refractivity contribution in [3.05, 3.63) is 90.4 Å². The lowest BCUT2D eigenvalue weighted by Gasteiger charge is -2.19. The minimum atomic E-state index is -0.284. The van der Waals surface area contributed by atoms with Crippen LogP contribution in [-0.2, 0) is 11.4 Å². The quantitative estimate of drug-likeness (QED) is 0.548. The number of pyridine rings is 1. The molecule has 1 aliphatic heterocycles. The third-order valence-electron chi connectivity index (χ3n) is 5.34. The molecule has 170 valence electrons. The van der Waals surface area contributed by atoms with Crippen LogP contribution in [0.1, 0.15) is 24.5 Å². The third kappa shape index (κ3) is 6.10. The number of hydrogen-bond acceptors (Lipinski definition) is 5. The molecule has 0 aliphatic carbocycles. The van der Waals surface area contributed by atoms with Gasteiger partial charge in [-0.25, -0.2) is 9.37 Å². The average Bonchev–Trinajstić information content (AvgIpc) is 3.26. The van der Waals surface area contributed by atoms with E-state index >= 15 is 0 Å². The van der Waals surface area contributed by atoms with E-state index in [1.807, 2.05) is 42.5 Å². The zero-order valence-electron chi connectivity index (χ0n) is 18.5. The summed E-state index contributed by atoms with van der Waals surface area (Å²) in [6.45, 7) is 7.18. The highest BCUT2D eigenvalue weighted by Gasteiger charge is 2.24. The van der Waals surface area contributed by atoms with Gasteiger partial charge in [0.2, 0.25) is 11.8 Å². The fourth-order valence-electron chi connectivity index (χ4n) is 3.73. The van der Waals surface area contributed by atoms with Crippen molar-refractivity contribution < 1.29 is 18.7 Å². The lowest BCUT2D eigenvalue weighted by atomic mass is 10.1. The molecule has 2 aromatic carbocycles. The summed E-state index contributed by atoms with van der Waals surface area (Å²) in [5, 5.41) is 2.69. The summed E-state index contributed by atoms with van der Waals surface area (Å²) in [5.74, 6) is 0.837. The van der Waals surface area contributed by atoms with Crippen LogP contribution >= 0.6 is 0 Å². The second-order valence-corrected chi connectivity index (χ2v) is 7.93. The number of halogens is 1. The van der Waals surface area contributed by atoms with Crippen molar-refractivity contribution in [3.63, 3.8) is 0 Å². The van der Waals surface area contributed by atoms with Gasteiger partial charge in [0.25, 0.3) is 0 Å². The molecule has 0 radical (unpaired) electrons. The minimum absolute atomic E-state index is 0.0548. The number of aromatic nitrogens is 1. The van der Waals surface area contributed by atoms with Gasteiger partial charge in [0.1, 0.15) is 24.3 Å². The van der Waals surface area contributed by atoms with E-state index in [2.05, 4.69) is 21.8 Å². The summed E-state index contributed by atoms with van der Waals surface area (Å²) in [6.07, 6.45) is 2.66. The zero-order valence-corrected chi connectivity index (χ0v) is 18.5. The number of benzene rings is 2. The van der Waals surface area contributed by atoms with Gasteiger partial charge in [-0.1, -0.05) is 18.7 Å². The van der Waals surface area contributed by atoms with Gasteiger partial charge >= 0.3 is 0 Å². The molecule has 1 N–H and O–H groups in total. The van der Waals surface area contributed by atoms with E-state index in [0.717, 1.165) is 42.1 Å². The minimum Gasteiger partial charge on any atom is -0.489 e. The van der Waals surface area contributed by atoms with Gasteiger partial charge in [0, 0.05) is 43.5 Å². The smallest absolute Gasteiger partial charge is 0.221 e. The van der Waals surface area contributed by atoms with Crippen LogP contribution in [0.25, 0.3) is 5.70 Å². The Balaban J connectivity index is 1.32. The van der Waals surface area contributed by atoms with Gasteiger partial charge in [-0.05, 0) is 53.6 Å². The number of anilines is 1. The highest BCUT2D eigenvalue weighted by molar-refractivity contribution is 5.84. The molecule has 0 saturated carbocycles. The molecule has 4 rings (SSSR count). The van der Waals surface area contributed by atoms with E-state index in [9.17, 15) is 9.18 Å². The fourth-order valence-corrected chi connectivity index (χ4v) is 3.73. The number of rotatable bonds is 8. The van der Waals surface area contributed by atoms with E-state index in [1.54, 1.807) is 12.3 Å². The number of carbonyl (C=O) groups excluding carboxylic acids is 1. The largest absolute Gasteiger partial charge is 0.489 e. The zero-order chi connectivity index (χ0) is 23.2. The van der Waals surface area contributed by atoms with Crippen LogP contribution in [0, 0.1) is 5.82 Å². The van der Waals surface area contributed by atoms with Crippen LogP contribution in [0.5, 0.6) is 11.6 Å². The predicted octanol–water partition coefficient (Wildman–Crippen LogP) is 4.56. The topological polar surface area (TPSA) is 63.7 Å². The van der Waals surface area contributed by atoms with Gasteiger partial charge in [0.15, 0.2) is 0 Å². The van der Waals surface area contributed by atoms with E-state index in [4.69, 9.17) is 9.47 Å². The van der Waals surface area contributed by atoms with Gasteiger partial charge in [-0.3, -0.25) is 4.79 Å². The monoisotopic (exact) mass is 447 g/mol. The summed E-state index contributed by atoms with van der Waals surface area (Å²) < 4.78 is 25.2. The maximum absolute atomic E-state index is 13.3. The lowest BCUT2D eigenvalue weighted by Crippen LogP contribution is -2.24. The third-order valence-corrected chi connectivity index (χ3v) is 5.34. The van der Waals surface area contributed by atoms with Crippen molar-refractivity contribution >= 4 is 17.3 Å². The summed E-state index contributed by atoms with van der Waals surface area (Å²) in [5.41, 5.74) is 3.16. The first-order valence-corrected chi connectivity index (χ1v) is 10.8. The molecular weight excluding hydrogens is 421 g/mol.